The minimum Gasteiger partial charge on any atom is -0.326 e. The number of nitrogens with two attached hydrogens (primary N) is 1. The highest BCUT2D eigenvalue weighted by atomic mass is 32.2. The average Bonchev–Trinajstić information content (AvgIpc) is 2.54. The highest BCUT2D eigenvalue weighted by Gasteiger charge is 2.16. The summed E-state index contributed by atoms with van der Waals surface area (Å²) in [5, 5.41) is 2.68. The third kappa shape index (κ3) is 4.18. The number of amides is 2. The molecule has 7 nitrogen and oxygen atoms in total. The molecule has 2 aromatic rings. The molecule has 0 aromatic heterocycles. The number of anilines is 1. The summed E-state index contributed by atoms with van der Waals surface area (Å²) in [6.07, 6.45) is 0. The molecule has 2 amide bonds. The van der Waals surface area contributed by atoms with Crippen LogP contribution in [0.25, 0.3) is 0 Å². The summed E-state index contributed by atoms with van der Waals surface area (Å²) in [7, 11) is -3.90. The highest BCUT2D eigenvalue weighted by molar-refractivity contribution is 7.90. The Balaban J connectivity index is 2.17. The normalized spacial score (nSPS) is 10.9. The first kappa shape index (κ1) is 17.6. The number of nitrogens with one attached hydrogen (secondary N) is 2. The van der Waals surface area contributed by atoms with E-state index >= 15 is 0 Å². The predicted molar refractivity (Wildman–Crippen MR) is 89.7 cm³/mol. The Labute approximate surface area is 139 Å². The van der Waals surface area contributed by atoms with Gasteiger partial charge in [-0.1, -0.05) is 18.2 Å². The molecule has 24 heavy (non-hydrogen) atoms. The Morgan fingerprint density at radius 3 is 2.25 bits per heavy atom. The minimum atomic E-state index is -3.90. The molecule has 126 valence electrons. The van der Waals surface area contributed by atoms with Crippen molar-refractivity contribution in [2.45, 2.75) is 18.4 Å². The Morgan fingerprint density at radius 2 is 1.67 bits per heavy atom. The smallest absolute Gasteiger partial charge is 0.264 e. The average molecular weight is 347 g/mol. The summed E-state index contributed by atoms with van der Waals surface area (Å²) in [5.41, 5.74) is 7.19. The molecule has 0 aliphatic carbocycles. The monoisotopic (exact) mass is 347 g/mol. The van der Waals surface area contributed by atoms with Gasteiger partial charge < -0.3 is 11.1 Å². The van der Waals surface area contributed by atoms with Crippen molar-refractivity contribution in [1.82, 2.24) is 4.72 Å². The summed E-state index contributed by atoms with van der Waals surface area (Å²) in [4.78, 5) is 23.1. The summed E-state index contributed by atoms with van der Waals surface area (Å²) < 4.78 is 25.6. The van der Waals surface area contributed by atoms with Crippen molar-refractivity contribution < 1.29 is 18.0 Å². The van der Waals surface area contributed by atoms with Crippen LogP contribution < -0.4 is 15.8 Å². The van der Waals surface area contributed by atoms with Crippen LogP contribution >= 0.6 is 0 Å². The van der Waals surface area contributed by atoms with Crippen LogP contribution in [0.1, 0.15) is 22.8 Å². The second-order valence-electron chi connectivity index (χ2n) is 5.00. The lowest BCUT2D eigenvalue weighted by Gasteiger charge is -2.10. The van der Waals surface area contributed by atoms with Crippen LogP contribution in [0.2, 0.25) is 0 Å². The number of hydrogen-bond donors (Lipinski definition) is 3. The Bertz CT molecular complexity index is 861. The van der Waals surface area contributed by atoms with Gasteiger partial charge in [-0.2, -0.15) is 0 Å². The number of benzene rings is 2. The van der Waals surface area contributed by atoms with E-state index < -0.39 is 15.9 Å². The molecular formula is C16H17N3O4S. The van der Waals surface area contributed by atoms with Crippen LogP contribution in [0, 0.1) is 0 Å². The molecule has 4 N–H and O–H groups in total. The second kappa shape index (κ2) is 7.24. The van der Waals surface area contributed by atoms with Gasteiger partial charge in [0.2, 0.25) is 5.91 Å². The Kier molecular flexibility index (Phi) is 5.32. The highest BCUT2D eigenvalue weighted by Crippen LogP contribution is 2.16. The van der Waals surface area contributed by atoms with E-state index in [-0.39, 0.29) is 17.3 Å². The maximum atomic E-state index is 12.3. The standard InChI is InChI=1S/C16H17N3O4S/c1-11(20)19-24(22,23)14-8-6-13(7-9-14)18-16(21)15-5-3-2-4-12(15)10-17/h2-9H,10,17H2,1H3,(H,18,21)(H,19,20). The molecule has 8 heteroatoms. The third-order valence-corrected chi connectivity index (χ3v) is 4.63. The second-order valence-corrected chi connectivity index (χ2v) is 6.68. The van der Waals surface area contributed by atoms with Crippen molar-refractivity contribution in [3.05, 3.63) is 59.7 Å². The maximum Gasteiger partial charge on any atom is 0.264 e. The van der Waals surface area contributed by atoms with Gasteiger partial charge in [0, 0.05) is 24.7 Å². The van der Waals surface area contributed by atoms with Gasteiger partial charge >= 0.3 is 0 Å². The lowest BCUT2D eigenvalue weighted by molar-refractivity contribution is -0.117. The van der Waals surface area contributed by atoms with Gasteiger partial charge in [-0.05, 0) is 35.9 Å². The van der Waals surface area contributed by atoms with E-state index in [0.717, 1.165) is 6.92 Å². The zero-order valence-electron chi connectivity index (χ0n) is 12.9. The van der Waals surface area contributed by atoms with Crippen LogP contribution in [0.5, 0.6) is 0 Å². The SMILES string of the molecule is CC(=O)NS(=O)(=O)c1ccc(NC(=O)c2ccccc2CN)cc1. The summed E-state index contributed by atoms with van der Waals surface area (Å²) in [6, 6.07) is 12.4. The van der Waals surface area contributed by atoms with E-state index in [1.165, 1.54) is 24.3 Å². The van der Waals surface area contributed by atoms with Gasteiger partial charge in [0.05, 0.1) is 4.90 Å². The van der Waals surface area contributed by atoms with Crippen molar-refractivity contribution in [3.8, 4) is 0 Å². The fourth-order valence-electron chi connectivity index (χ4n) is 2.08. The summed E-state index contributed by atoms with van der Waals surface area (Å²) in [6.45, 7) is 1.35. The molecule has 2 aromatic carbocycles. The molecule has 0 aliphatic heterocycles. The molecule has 0 bridgehead atoms. The molecule has 0 atom stereocenters. The van der Waals surface area contributed by atoms with Crippen molar-refractivity contribution in [2.24, 2.45) is 5.73 Å². The van der Waals surface area contributed by atoms with Crippen LogP contribution in [0.15, 0.2) is 53.4 Å². The van der Waals surface area contributed by atoms with E-state index in [0.29, 0.717) is 16.8 Å². The third-order valence-electron chi connectivity index (χ3n) is 3.18. The zero-order valence-corrected chi connectivity index (χ0v) is 13.8. The van der Waals surface area contributed by atoms with Crippen LogP contribution in [0.4, 0.5) is 5.69 Å². The first-order chi connectivity index (χ1) is 11.3. The molecule has 0 heterocycles. The van der Waals surface area contributed by atoms with Crippen molar-refractivity contribution in [1.29, 1.82) is 0 Å². The number of carbonyl (C=O) groups is 2. The van der Waals surface area contributed by atoms with Gasteiger partial charge in [-0.15, -0.1) is 0 Å². The fourth-order valence-corrected chi connectivity index (χ4v) is 3.07. The molecule has 0 saturated heterocycles. The van der Waals surface area contributed by atoms with Crippen molar-refractivity contribution in [3.63, 3.8) is 0 Å². The number of rotatable bonds is 5. The molecule has 0 unspecified atom stereocenters. The molecule has 0 aliphatic rings. The molecular weight excluding hydrogens is 330 g/mol. The van der Waals surface area contributed by atoms with Gasteiger partial charge in [-0.25, -0.2) is 13.1 Å². The van der Waals surface area contributed by atoms with Crippen molar-refractivity contribution >= 4 is 27.5 Å². The van der Waals surface area contributed by atoms with Gasteiger partial charge in [0.15, 0.2) is 0 Å². The molecule has 0 fully saturated rings. The van der Waals surface area contributed by atoms with E-state index in [1.54, 1.807) is 24.3 Å². The van der Waals surface area contributed by atoms with Crippen LogP contribution in [-0.4, -0.2) is 20.2 Å². The summed E-state index contributed by atoms with van der Waals surface area (Å²) >= 11 is 0. The quantitative estimate of drug-likeness (QED) is 0.751. The maximum absolute atomic E-state index is 12.3. The topological polar surface area (TPSA) is 118 Å². The van der Waals surface area contributed by atoms with Gasteiger partial charge in [0.1, 0.15) is 0 Å². The number of sulfonamides is 1. The molecule has 0 spiro atoms. The van der Waals surface area contributed by atoms with Gasteiger partial charge in [-0.3, -0.25) is 9.59 Å². The largest absolute Gasteiger partial charge is 0.326 e. The molecule has 0 radical (unpaired) electrons. The van der Waals surface area contributed by atoms with E-state index in [2.05, 4.69) is 5.32 Å². The van der Waals surface area contributed by atoms with E-state index in [9.17, 15) is 18.0 Å². The predicted octanol–water partition coefficient (Wildman–Crippen LogP) is 1.22. The molecule has 2 rings (SSSR count). The zero-order chi connectivity index (χ0) is 17.7. The Morgan fingerprint density at radius 1 is 1.04 bits per heavy atom. The van der Waals surface area contributed by atoms with E-state index in [4.69, 9.17) is 5.73 Å². The van der Waals surface area contributed by atoms with Gasteiger partial charge in [0.25, 0.3) is 15.9 Å². The fraction of sp³-hybridized carbons (Fsp3) is 0.125. The molecule has 0 saturated carbocycles. The summed E-state index contributed by atoms with van der Waals surface area (Å²) in [5.74, 6) is -1.01. The first-order valence-corrected chi connectivity index (χ1v) is 8.54. The number of hydrogen-bond acceptors (Lipinski definition) is 5. The minimum absolute atomic E-state index is 0.0712. The lowest BCUT2D eigenvalue weighted by Crippen LogP contribution is -2.28. The van der Waals surface area contributed by atoms with Crippen LogP contribution in [-0.2, 0) is 21.4 Å². The Hall–Kier alpha value is -2.71. The first-order valence-electron chi connectivity index (χ1n) is 7.06. The van der Waals surface area contributed by atoms with E-state index in [1.807, 2.05) is 4.72 Å². The lowest BCUT2D eigenvalue weighted by atomic mass is 10.1. The van der Waals surface area contributed by atoms with Crippen molar-refractivity contribution in [2.75, 3.05) is 5.32 Å². The number of carbonyl (C=O) groups excluding carboxylic acids is 2. The van der Waals surface area contributed by atoms with Crippen LogP contribution in [0.3, 0.4) is 0 Å².